The van der Waals surface area contributed by atoms with Crippen molar-refractivity contribution in [3.63, 3.8) is 0 Å². The lowest BCUT2D eigenvalue weighted by Crippen LogP contribution is -2.44. The topological polar surface area (TPSA) is 56.8 Å². The highest BCUT2D eigenvalue weighted by molar-refractivity contribution is 7.25. The zero-order chi connectivity index (χ0) is 24.1. The summed E-state index contributed by atoms with van der Waals surface area (Å²) in [6.45, 7) is 22.7. The molecule has 4 nitrogen and oxygen atoms in total. The molecule has 0 unspecified atom stereocenters. The number of nitrogens with two attached hydrogens (primary N) is 1. The Hall–Kier alpha value is -1.84. The van der Waals surface area contributed by atoms with Crippen LogP contribution in [0.4, 0.5) is 0 Å². The van der Waals surface area contributed by atoms with Gasteiger partial charge < -0.3 is 14.7 Å². The van der Waals surface area contributed by atoms with Gasteiger partial charge in [-0.25, -0.2) is 0 Å². The van der Waals surface area contributed by atoms with E-state index in [1.165, 1.54) is 0 Å². The quantitative estimate of drug-likeness (QED) is 0.179. The number of fused-ring (bicyclic) bond motifs is 2. The van der Waals surface area contributed by atoms with Gasteiger partial charge in [0.15, 0.2) is 0 Å². The maximum atomic E-state index is 6.76. The molecule has 0 spiro atoms. The van der Waals surface area contributed by atoms with Crippen LogP contribution >= 0.6 is 11.3 Å². The molecule has 1 heterocycles. The van der Waals surface area contributed by atoms with Crippen LogP contribution in [0.1, 0.15) is 41.5 Å². The molecule has 0 fully saturated rings. The van der Waals surface area contributed by atoms with Gasteiger partial charge in [0.1, 0.15) is 16.9 Å². The van der Waals surface area contributed by atoms with Crippen molar-refractivity contribution in [2.75, 3.05) is 0 Å². The largest absolute Gasteiger partial charge is 0.543 e. The molecule has 1 aromatic heterocycles. The molecule has 2 N–H and O–H groups in total. The van der Waals surface area contributed by atoms with Crippen LogP contribution in [0.15, 0.2) is 41.5 Å². The van der Waals surface area contributed by atoms with Crippen LogP contribution in [0.3, 0.4) is 0 Å². The fourth-order valence-electron chi connectivity index (χ4n) is 3.02. The van der Waals surface area contributed by atoms with Crippen LogP contribution in [-0.4, -0.2) is 16.6 Å². The lowest BCUT2D eigenvalue weighted by Gasteiger charge is -2.37. The van der Waals surface area contributed by atoms with Crippen molar-refractivity contribution in [3.05, 3.63) is 41.8 Å². The summed E-state index contributed by atoms with van der Waals surface area (Å²) in [5, 5.41) is 7.25. The van der Waals surface area contributed by atoms with Gasteiger partial charge in [-0.05, 0) is 48.4 Å². The third kappa shape index (κ3) is 4.47. The molecule has 7 heteroatoms. The van der Waals surface area contributed by atoms with Gasteiger partial charge >= 0.3 is 0 Å². The zero-order valence-corrected chi connectivity index (χ0v) is 24.0. The summed E-state index contributed by atoms with van der Waals surface area (Å²) >= 11 is 1.72. The summed E-state index contributed by atoms with van der Waals surface area (Å²) in [5.74, 6) is 7.76. The molecule has 32 heavy (non-hydrogen) atoms. The fourth-order valence-corrected chi connectivity index (χ4v) is 6.39. The molecule has 2 aromatic carbocycles. The van der Waals surface area contributed by atoms with Crippen molar-refractivity contribution in [3.8, 4) is 11.5 Å². The molecular formula is C25H38N2O2SSi2. The van der Waals surface area contributed by atoms with E-state index in [1.807, 2.05) is 12.1 Å². The van der Waals surface area contributed by atoms with Gasteiger partial charge in [-0.3, -0.25) is 0 Å². The zero-order valence-electron chi connectivity index (χ0n) is 21.2. The molecule has 0 amide bonds. The Balaban J connectivity index is 2.31. The minimum Gasteiger partial charge on any atom is -0.543 e. The third-order valence-electron chi connectivity index (χ3n) is 7.14. The van der Waals surface area contributed by atoms with Crippen molar-refractivity contribution in [2.24, 2.45) is 10.9 Å². The van der Waals surface area contributed by atoms with Crippen LogP contribution in [0.2, 0.25) is 36.3 Å². The molecule has 0 aliphatic rings. The molecule has 0 atom stereocenters. The monoisotopic (exact) mass is 486 g/mol. The lowest BCUT2D eigenvalue weighted by molar-refractivity contribution is 0.497. The normalized spacial score (nSPS) is 13.4. The number of hydrogen-bond donors (Lipinski definition) is 1. The Bertz CT molecular complexity index is 1130. The van der Waals surface area contributed by atoms with Gasteiger partial charge in [-0.15, -0.1) is 11.3 Å². The van der Waals surface area contributed by atoms with E-state index in [2.05, 4.69) is 97.1 Å². The fraction of sp³-hybridized carbons (Fsp3) is 0.480. The predicted octanol–water partition coefficient (Wildman–Crippen LogP) is 7.60. The summed E-state index contributed by atoms with van der Waals surface area (Å²) in [4.78, 5) is 0. The van der Waals surface area contributed by atoms with Gasteiger partial charge in [-0.1, -0.05) is 65.8 Å². The van der Waals surface area contributed by atoms with E-state index in [0.717, 1.165) is 37.0 Å². The number of hydrogen-bond acceptors (Lipinski definition) is 5. The minimum absolute atomic E-state index is 0.106. The first kappa shape index (κ1) is 24.8. The van der Waals surface area contributed by atoms with Gasteiger partial charge in [0.2, 0.25) is 0 Å². The van der Waals surface area contributed by atoms with Gasteiger partial charge in [0.25, 0.3) is 16.6 Å². The third-order valence-corrected chi connectivity index (χ3v) is 17.1. The molecule has 174 valence electrons. The van der Waals surface area contributed by atoms with Crippen LogP contribution in [0, 0.1) is 0 Å². The summed E-state index contributed by atoms with van der Waals surface area (Å²) in [7, 11) is -4.03. The lowest BCUT2D eigenvalue weighted by atomic mass is 10.1. The Kier molecular flexibility index (Phi) is 6.34. The highest BCUT2D eigenvalue weighted by Gasteiger charge is 2.40. The van der Waals surface area contributed by atoms with Crippen molar-refractivity contribution in [2.45, 2.75) is 77.8 Å². The number of nitrogens with zero attached hydrogens (tertiary/aromatic N) is 1. The highest BCUT2D eigenvalue weighted by Crippen LogP contribution is 2.43. The Labute approximate surface area is 198 Å². The summed E-state index contributed by atoms with van der Waals surface area (Å²) in [5.41, 5.74) is 0. The van der Waals surface area contributed by atoms with Crippen LogP contribution < -0.4 is 20.1 Å². The van der Waals surface area contributed by atoms with Crippen LogP contribution in [0.5, 0.6) is 11.5 Å². The van der Waals surface area contributed by atoms with E-state index in [4.69, 9.17) is 14.7 Å². The first-order valence-electron chi connectivity index (χ1n) is 11.2. The molecule has 3 aromatic rings. The number of benzene rings is 2. The van der Waals surface area contributed by atoms with E-state index in [9.17, 15) is 0 Å². The van der Waals surface area contributed by atoms with Gasteiger partial charge in [0, 0.05) is 10.8 Å². The first-order valence-corrected chi connectivity index (χ1v) is 17.8. The SMILES string of the molecule is CC(C)(C)[Si](C)(C)Oc1cccc2c(=NN)c3cccc(O[Si](C)(C)C(C)(C)C)c3sc12. The summed E-state index contributed by atoms with van der Waals surface area (Å²) in [6, 6.07) is 12.4. The Morgan fingerprint density at radius 3 is 1.41 bits per heavy atom. The molecule has 0 bridgehead atoms. The standard InChI is InChI=1S/C25H38N2O2SSi2/c1-24(2,3)31(7,8)28-19-15-11-13-17-21(27-26)18-14-12-16-20(23(18)30-22(17)19)29-32(9,10)25(4,5)6/h11-16H,26H2,1-10H3. The van der Waals surface area contributed by atoms with Crippen LogP contribution in [0.25, 0.3) is 20.2 Å². The highest BCUT2D eigenvalue weighted by atomic mass is 32.1. The average Bonchev–Trinajstić information content (AvgIpc) is 2.64. The Morgan fingerprint density at radius 1 is 0.719 bits per heavy atom. The van der Waals surface area contributed by atoms with Crippen molar-refractivity contribution >= 4 is 48.1 Å². The number of rotatable bonds is 4. The predicted molar refractivity (Wildman–Crippen MR) is 145 cm³/mol. The van der Waals surface area contributed by atoms with E-state index in [-0.39, 0.29) is 10.1 Å². The first-order chi connectivity index (χ1) is 14.6. The molecule has 0 aliphatic heterocycles. The maximum absolute atomic E-state index is 6.76. The second-order valence-corrected chi connectivity index (χ2v) is 22.0. The molecule has 0 saturated carbocycles. The second-order valence-electron chi connectivity index (χ2n) is 11.6. The van der Waals surface area contributed by atoms with Crippen molar-refractivity contribution in [1.29, 1.82) is 0 Å². The van der Waals surface area contributed by atoms with Gasteiger partial charge in [0.05, 0.1) is 9.40 Å². The average molecular weight is 487 g/mol. The summed E-state index contributed by atoms with van der Waals surface area (Å²) in [6.07, 6.45) is 0. The molecule has 3 rings (SSSR count). The smallest absolute Gasteiger partial charge is 0.250 e. The van der Waals surface area contributed by atoms with Gasteiger partial charge in [-0.2, -0.15) is 5.10 Å². The van der Waals surface area contributed by atoms with Crippen molar-refractivity contribution in [1.82, 2.24) is 0 Å². The second kappa shape index (κ2) is 8.18. The Morgan fingerprint density at radius 2 is 1.09 bits per heavy atom. The molecule has 0 radical (unpaired) electrons. The molecule has 0 saturated heterocycles. The minimum atomic E-state index is -2.01. The van der Waals surface area contributed by atoms with Crippen LogP contribution in [-0.2, 0) is 0 Å². The molecular weight excluding hydrogens is 449 g/mol. The maximum Gasteiger partial charge on any atom is 0.250 e. The van der Waals surface area contributed by atoms with E-state index in [1.54, 1.807) is 11.3 Å². The summed E-state index contributed by atoms with van der Waals surface area (Å²) < 4.78 is 15.7. The van der Waals surface area contributed by atoms with E-state index >= 15 is 0 Å². The van der Waals surface area contributed by atoms with E-state index in [0.29, 0.717) is 0 Å². The van der Waals surface area contributed by atoms with E-state index < -0.39 is 16.6 Å². The molecule has 0 aliphatic carbocycles. The van der Waals surface area contributed by atoms with Crippen molar-refractivity contribution < 1.29 is 8.85 Å².